The highest BCUT2D eigenvalue weighted by Crippen LogP contribution is 2.20. The molecule has 3 N–H and O–H groups in total. The predicted octanol–water partition coefficient (Wildman–Crippen LogP) is 0.434. The van der Waals surface area contributed by atoms with Crippen LogP contribution in [-0.2, 0) is 11.3 Å². The van der Waals surface area contributed by atoms with Crippen LogP contribution in [0.3, 0.4) is 0 Å². The molecule has 1 aliphatic heterocycles. The van der Waals surface area contributed by atoms with E-state index >= 15 is 0 Å². The van der Waals surface area contributed by atoms with Gasteiger partial charge in [0.1, 0.15) is 10.7 Å². The van der Waals surface area contributed by atoms with Gasteiger partial charge in [-0.25, -0.2) is 5.84 Å². The molecule has 16 heavy (non-hydrogen) atoms. The Bertz CT molecular complexity index is 325. The van der Waals surface area contributed by atoms with Gasteiger partial charge in [0.25, 0.3) is 0 Å². The fourth-order valence-corrected chi connectivity index (χ4v) is 2.40. The van der Waals surface area contributed by atoms with Crippen LogP contribution in [-0.4, -0.2) is 40.8 Å². The second-order valence-corrected chi connectivity index (χ2v) is 4.71. The van der Waals surface area contributed by atoms with Gasteiger partial charge < -0.3 is 10.2 Å². The van der Waals surface area contributed by atoms with Crippen molar-refractivity contribution < 1.29 is 4.74 Å². The molecule has 0 atom stereocenters. The lowest BCUT2D eigenvalue weighted by molar-refractivity contribution is 0.0404. The van der Waals surface area contributed by atoms with Gasteiger partial charge in [-0.05, 0) is 19.9 Å². The van der Waals surface area contributed by atoms with Crippen LogP contribution in [0.5, 0.6) is 0 Å². The fourth-order valence-electron chi connectivity index (χ4n) is 1.91. The summed E-state index contributed by atoms with van der Waals surface area (Å²) in [5.41, 5.74) is 3.54. The molecule has 1 aromatic rings. The van der Waals surface area contributed by atoms with Gasteiger partial charge in [0.05, 0.1) is 0 Å². The van der Waals surface area contributed by atoms with Crippen molar-refractivity contribution in [2.75, 3.05) is 25.7 Å². The number of nitrogens with zero attached hydrogens (tertiary/aromatic N) is 3. The first-order valence-corrected chi connectivity index (χ1v) is 6.14. The molecule has 7 heteroatoms. The maximum Gasteiger partial charge on any atom is 0.148 e. The van der Waals surface area contributed by atoms with Crippen LogP contribution in [0.2, 0.25) is 0 Å². The van der Waals surface area contributed by atoms with E-state index in [1.165, 1.54) is 11.5 Å². The molecule has 6 nitrogen and oxygen atoms in total. The predicted molar refractivity (Wildman–Crippen MR) is 63.0 cm³/mol. The Labute approximate surface area is 98.9 Å². The molecular formula is C9H17N5OS. The van der Waals surface area contributed by atoms with Gasteiger partial charge >= 0.3 is 0 Å². The average molecular weight is 243 g/mol. The molecule has 0 aromatic carbocycles. The Hall–Kier alpha value is -0.760. The van der Waals surface area contributed by atoms with Gasteiger partial charge in [0.15, 0.2) is 0 Å². The highest BCUT2D eigenvalue weighted by atomic mass is 32.1. The third-order valence-corrected chi connectivity index (χ3v) is 3.60. The summed E-state index contributed by atoms with van der Waals surface area (Å²) in [7, 11) is 2.11. The molecule has 0 unspecified atom stereocenters. The molecule has 0 amide bonds. The first-order chi connectivity index (χ1) is 7.81. The molecule has 1 aromatic heterocycles. The zero-order valence-corrected chi connectivity index (χ0v) is 10.2. The van der Waals surface area contributed by atoms with E-state index in [0.29, 0.717) is 6.04 Å². The summed E-state index contributed by atoms with van der Waals surface area (Å²) in [6, 6.07) is 0.570. The zero-order chi connectivity index (χ0) is 11.4. The van der Waals surface area contributed by atoms with Gasteiger partial charge in [-0.1, -0.05) is 4.49 Å². The highest BCUT2D eigenvalue weighted by Gasteiger charge is 2.20. The molecule has 1 fully saturated rings. The minimum absolute atomic E-state index is 0.570. The largest absolute Gasteiger partial charge is 0.381 e. The van der Waals surface area contributed by atoms with E-state index in [1.54, 1.807) is 0 Å². The molecule has 0 radical (unpaired) electrons. The van der Waals surface area contributed by atoms with E-state index in [4.69, 9.17) is 10.6 Å². The molecule has 90 valence electrons. The van der Waals surface area contributed by atoms with E-state index in [9.17, 15) is 0 Å². The number of aromatic nitrogens is 2. The van der Waals surface area contributed by atoms with E-state index in [1.807, 2.05) is 0 Å². The summed E-state index contributed by atoms with van der Waals surface area (Å²) in [6.45, 7) is 2.49. The second-order valence-electron chi connectivity index (χ2n) is 3.95. The van der Waals surface area contributed by atoms with Crippen LogP contribution in [0.4, 0.5) is 5.00 Å². The van der Waals surface area contributed by atoms with E-state index in [0.717, 1.165) is 43.3 Å². The lowest BCUT2D eigenvalue weighted by Gasteiger charge is -2.30. The molecule has 0 bridgehead atoms. The Kier molecular flexibility index (Phi) is 4.05. The Balaban J connectivity index is 1.93. The van der Waals surface area contributed by atoms with Gasteiger partial charge in [0, 0.05) is 37.3 Å². The summed E-state index contributed by atoms with van der Waals surface area (Å²) in [6.07, 6.45) is 2.17. The number of hydrogen-bond acceptors (Lipinski definition) is 7. The molecular weight excluding hydrogens is 226 g/mol. The normalized spacial score (nSPS) is 17.9. The SMILES string of the molecule is CN(Cc1nnsc1NN)C1CCOCC1. The second kappa shape index (κ2) is 5.53. The van der Waals surface area contributed by atoms with Crippen molar-refractivity contribution in [3.05, 3.63) is 5.69 Å². The molecule has 1 saturated heterocycles. The van der Waals surface area contributed by atoms with Gasteiger partial charge in [-0.15, -0.1) is 5.10 Å². The van der Waals surface area contributed by atoms with Gasteiger partial charge in [-0.2, -0.15) is 0 Å². The monoisotopic (exact) mass is 243 g/mol. The van der Waals surface area contributed by atoms with E-state index in [2.05, 4.69) is 27.0 Å². The topological polar surface area (TPSA) is 76.3 Å². The first-order valence-electron chi connectivity index (χ1n) is 5.37. The van der Waals surface area contributed by atoms with Crippen LogP contribution >= 0.6 is 11.5 Å². The molecule has 1 aliphatic rings. The molecule has 0 aliphatic carbocycles. The third kappa shape index (κ3) is 2.67. The fraction of sp³-hybridized carbons (Fsp3) is 0.778. The third-order valence-electron chi connectivity index (χ3n) is 2.90. The van der Waals surface area contributed by atoms with Crippen LogP contribution in [0.25, 0.3) is 0 Å². The lowest BCUT2D eigenvalue weighted by Crippen LogP contribution is -2.36. The summed E-state index contributed by atoms with van der Waals surface area (Å²) in [5.74, 6) is 5.39. The van der Waals surface area contributed by atoms with Gasteiger partial charge in [-0.3, -0.25) is 4.90 Å². The standard InChI is InChI=1S/C9H17N5OS/c1-14(7-2-4-15-5-3-7)6-8-9(11-10)16-13-12-8/h7,11H,2-6,10H2,1H3. The van der Waals surface area contributed by atoms with E-state index in [-0.39, 0.29) is 0 Å². The van der Waals surface area contributed by atoms with Crippen molar-refractivity contribution in [3.8, 4) is 0 Å². The summed E-state index contributed by atoms with van der Waals surface area (Å²) >= 11 is 1.29. The van der Waals surface area contributed by atoms with Crippen LogP contribution in [0.15, 0.2) is 0 Å². The first kappa shape index (κ1) is 11.7. The lowest BCUT2D eigenvalue weighted by atomic mass is 10.1. The number of hydrogen-bond donors (Lipinski definition) is 2. The van der Waals surface area contributed by atoms with Crippen LogP contribution in [0.1, 0.15) is 18.5 Å². The Morgan fingerprint density at radius 2 is 2.31 bits per heavy atom. The maximum absolute atomic E-state index is 5.39. The van der Waals surface area contributed by atoms with Crippen molar-refractivity contribution >= 4 is 16.5 Å². The van der Waals surface area contributed by atoms with Crippen molar-refractivity contribution in [2.24, 2.45) is 5.84 Å². The quantitative estimate of drug-likeness (QED) is 0.590. The number of rotatable bonds is 4. The number of nitrogen functional groups attached to an aromatic ring is 1. The van der Waals surface area contributed by atoms with E-state index < -0.39 is 0 Å². The average Bonchev–Trinajstić information content (AvgIpc) is 2.77. The zero-order valence-electron chi connectivity index (χ0n) is 9.35. The molecule has 2 heterocycles. The maximum atomic E-state index is 5.39. The summed E-state index contributed by atoms with van der Waals surface area (Å²) in [4.78, 5) is 2.29. The summed E-state index contributed by atoms with van der Waals surface area (Å²) < 4.78 is 9.23. The Morgan fingerprint density at radius 1 is 1.56 bits per heavy atom. The number of hydrazine groups is 1. The molecule has 2 rings (SSSR count). The number of nitrogens with one attached hydrogen (secondary N) is 1. The highest BCUT2D eigenvalue weighted by molar-refractivity contribution is 7.10. The number of nitrogens with two attached hydrogens (primary N) is 1. The summed E-state index contributed by atoms with van der Waals surface area (Å²) in [5, 5.41) is 4.92. The Morgan fingerprint density at radius 3 is 3.00 bits per heavy atom. The van der Waals surface area contributed by atoms with Crippen molar-refractivity contribution in [3.63, 3.8) is 0 Å². The van der Waals surface area contributed by atoms with Crippen molar-refractivity contribution in [2.45, 2.75) is 25.4 Å². The van der Waals surface area contributed by atoms with Crippen molar-refractivity contribution in [1.82, 2.24) is 14.5 Å². The smallest absolute Gasteiger partial charge is 0.148 e. The van der Waals surface area contributed by atoms with Crippen molar-refractivity contribution in [1.29, 1.82) is 0 Å². The minimum atomic E-state index is 0.570. The van der Waals surface area contributed by atoms with Crippen LogP contribution < -0.4 is 11.3 Å². The van der Waals surface area contributed by atoms with Crippen LogP contribution in [0, 0.1) is 0 Å². The molecule has 0 saturated carbocycles. The van der Waals surface area contributed by atoms with Gasteiger partial charge in [0.2, 0.25) is 0 Å². The number of ether oxygens (including phenoxy) is 1. The number of anilines is 1. The molecule has 0 spiro atoms. The minimum Gasteiger partial charge on any atom is -0.381 e.